The van der Waals surface area contributed by atoms with Crippen LogP contribution in [-0.2, 0) is 4.79 Å². The SMILES string of the molecule is C/C(CC(=O)Nc1cccc(Cl)c1C)=N\NC(=O)c1cc2ccccc2cc1O. The molecule has 7 heteroatoms. The van der Waals surface area contributed by atoms with Gasteiger partial charge in [0, 0.05) is 16.4 Å². The Bertz CT molecular complexity index is 1130. The van der Waals surface area contributed by atoms with Gasteiger partial charge in [-0.05, 0) is 54.4 Å². The van der Waals surface area contributed by atoms with Crippen LogP contribution in [0.25, 0.3) is 10.8 Å². The van der Waals surface area contributed by atoms with Gasteiger partial charge in [-0.1, -0.05) is 41.9 Å². The molecule has 3 N–H and O–H groups in total. The number of carbonyl (C=O) groups excluding carboxylic acids is 2. The van der Waals surface area contributed by atoms with Crippen molar-refractivity contribution in [3.05, 3.63) is 70.7 Å². The van der Waals surface area contributed by atoms with Crippen molar-refractivity contribution >= 4 is 45.6 Å². The van der Waals surface area contributed by atoms with Gasteiger partial charge in [-0.15, -0.1) is 0 Å². The van der Waals surface area contributed by atoms with Crippen LogP contribution in [0.3, 0.4) is 0 Å². The number of hydrogen-bond donors (Lipinski definition) is 3. The molecule has 0 aliphatic carbocycles. The fraction of sp³-hybridized carbons (Fsp3) is 0.136. The highest BCUT2D eigenvalue weighted by atomic mass is 35.5. The zero-order valence-electron chi connectivity index (χ0n) is 16.0. The Labute approximate surface area is 173 Å². The summed E-state index contributed by atoms with van der Waals surface area (Å²) < 4.78 is 0. The van der Waals surface area contributed by atoms with Crippen molar-refractivity contribution in [1.29, 1.82) is 0 Å². The molecule has 0 unspecified atom stereocenters. The maximum Gasteiger partial charge on any atom is 0.275 e. The zero-order valence-corrected chi connectivity index (χ0v) is 16.7. The largest absolute Gasteiger partial charge is 0.507 e. The van der Waals surface area contributed by atoms with Gasteiger partial charge in [0.1, 0.15) is 5.75 Å². The number of anilines is 1. The summed E-state index contributed by atoms with van der Waals surface area (Å²) in [6, 6.07) is 15.8. The molecule has 0 radical (unpaired) electrons. The lowest BCUT2D eigenvalue weighted by molar-refractivity contribution is -0.115. The number of halogens is 1. The fourth-order valence-corrected chi connectivity index (χ4v) is 3.00. The number of fused-ring (bicyclic) bond motifs is 1. The molecule has 0 saturated carbocycles. The van der Waals surface area contributed by atoms with E-state index in [4.69, 9.17) is 11.6 Å². The minimum atomic E-state index is -0.557. The van der Waals surface area contributed by atoms with E-state index in [9.17, 15) is 14.7 Å². The molecule has 0 atom stereocenters. The van der Waals surface area contributed by atoms with Crippen LogP contribution in [0.4, 0.5) is 5.69 Å². The van der Waals surface area contributed by atoms with E-state index in [1.807, 2.05) is 31.2 Å². The van der Waals surface area contributed by atoms with Gasteiger partial charge in [0.05, 0.1) is 12.0 Å². The van der Waals surface area contributed by atoms with Gasteiger partial charge >= 0.3 is 0 Å². The molecule has 3 rings (SSSR count). The summed E-state index contributed by atoms with van der Waals surface area (Å²) in [5.41, 5.74) is 4.31. The number of aromatic hydroxyl groups is 1. The van der Waals surface area contributed by atoms with Gasteiger partial charge in [0.2, 0.25) is 5.91 Å². The number of rotatable bonds is 5. The molecule has 0 aliphatic heterocycles. The lowest BCUT2D eigenvalue weighted by Crippen LogP contribution is -2.21. The van der Waals surface area contributed by atoms with E-state index in [1.54, 1.807) is 31.2 Å². The van der Waals surface area contributed by atoms with Crippen LogP contribution in [0.15, 0.2) is 59.7 Å². The predicted molar refractivity (Wildman–Crippen MR) is 116 cm³/mol. The van der Waals surface area contributed by atoms with Gasteiger partial charge in [-0.2, -0.15) is 5.10 Å². The molecule has 0 aromatic heterocycles. The molecule has 0 aliphatic rings. The van der Waals surface area contributed by atoms with Crippen molar-refractivity contribution in [3.8, 4) is 5.75 Å². The molecular formula is C22H20ClN3O3. The summed E-state index contributed by atoms with van der Waals surface area (Å²) >= 11 is 6.05. The third kappa shape index (κ3) is 4.92. The van der Waals surface area contributed by atoms with Crippen molar-refractivity contribution in [2.45, 2.75) is 20.3 Å². The zero-order chi connectivity index (χ0) is 21.0. The normalized spacial score (nSPS) is 11.3. The molecule has 0 heterocycles. The van der Waals surface area contributed by atoms with Crippen molar-refractivity contribution < 1.29 is 14.7 Å². The van der Waals surface area contributed by atoms with Crippen LogP contribution in [-0.4, -0.2) is 22.6 Å². The molecule has 2 amide bonds. The molecule has 0 spiro atoms. The van der Waals surface area contributed by atoms with Gasteiger partial charge in [-0.25, -0.2) is 5.43 Å². The minimum absolute atomic E-state index is 0.00403. The van der Waals surface area contributed by atoms with E-state index in [1.165, 1.54) is 6.07 Å². The van der Waals surface area contributed by atoms with Crippen LogP contribution in [0.5, 0.6) is 5.75 Å². The van der Waals surface area contributed by atoms with E-state index in [0.29, 0.717) is 16.4 Å². The minimum Gasteiger partial charge on any atom is -0.507 e. The Morgan fingerprint density at radius 3 is 2.48 bits per heavy atom. The monoisotopic (exact) mass is 409 g/mol. The molecule has 6 nitrogen and oxygen atoms in total. The highest BCUT2D eigenvalue weighted by Gasteiger charge is 2.13. The fourth-order valence-electron chi connectivity index (χ4n) is 2.83. The Morgan fingerprint density at radius 2 is 1.76 bits per heavy atom. The summed E-state index contributed by atoms with van der Waals surface area (Å²) in [6.07, 6.45) is -0.00403. The number of phenols is 1. The molecule has 0 bridgehead atoms. The third-order valence-corrected chi connectivity index (χ3v) is 4.82. The van der Waals surface area contributed by atoms with Gasteiger partial charge in [0.15, 0.2) is 0 Å². The van der Waals surface area contributed by atoms with Crippen molar-refractivity contribution in [3.63, 3.8) is 0 Å². The quantitative estimate of drug-likeness (QED) is 0.423. The van der Waals surface area contributed by atoms with Crippen LogP contribution in [0.2, 0.25) is 5.02 Å². The first kappa shape index (κ1) is 20.4. The Kier molecular flexibility index (Phi) is 6.14. The average Bonchev–Trinajstić information content (AvgIpc) is 2.69. The number of nitrogens with zero attached hydrogens (tertiary/aromatic N) is 1. The summed E-state index contributed by atoms with van der Waals surface area (Å²) in [4.78, 5) is 24.6. The molecule has 29 heavy (non-hydrogen) atoms. The number of hydrogen-bond acceptors (Lipinski definition) is 4. The second kappa shape index (κ2) is 8.75. The molecule has 148 valence electrons. The molecule has 3 aromatic carbocycles. The van der Waals surface area contributed by atoms with Crippen LogP contribution >= 0.6 is 11.6 Å². The third-order valence-electron chi connectivity index (χ3n) is 4.42. The summed E-state index contributed by atoms with van der Waals surface area (Å²) in [5.74, 6) is -0.971. The van der Waals surface area contributed by atoms with E-state index < -0.39 is 5.91 Å². The van der Waals surface area contributed by atoms with Crippen molar-refractivity contribution in [1.82, 2.24) is 5.43 Å². The van der Waals surface area contributed by atoms with Crippen LogP contribution < -0.4 is 10.7 Å². The highest BCUT2D eigenvalue weighted by Crippen LogP contribution is 2.25. The lowest BCUT2D eigenvalue weighted by atomic mass is 10.1. The van der Waals surface area contributed by atoms with Crippen molar-refractivity contribution in [2.75, 3.05) is 5.32 Å². The Hall–Kier alpha value is -3.38. The first-order valence-electron chi connectivity index (χ1n) is 8.95. The number of benzene rings is 3. The summed E-state index contributed by atoms with van der Waals surface area (Å²) in [5, 5.41) is 19.1. The summed E-state index contributed by atoms with van der Waals surface area (Å²) in [7, 11) is 0. The lowest BCUT2D eigenvalue weighted by Gasteiger charge is -2.09. The van der Waals surface area contributed by atoms with E-state index >= 15 is 0 Å². The van der Waals surface area contributed by atoms with Crippen molar-refractivity contribution in [2.24, 2.45) is 5.10 Å². The Morgan fingerprint density at radius 1 is 1.07 bits per heavy atom. The van der Waals surface area contributed by atoms with Crippen LogP contribution in [0.1, 0.15) is 29.3 Å². The standard InChI is InChI=1S/C22H20ClN3O3/c1-13(10-21(28)24-19-9-5-8-18(23)14(19)2)25-26-22(29)17-11-15-6-3-4-7-16(15)12-20(17)27/h3-9,11-12,27H,10H2,1-2H3,(H,24,28)(H,26,29)/b25-13+. The molecular weight excluding hydrogens is 390 g/mol. The second-order valence-corrected chi connectivity index (χ2v) is 7.05. The number of nitrogens with one attached hydrogen (secondary N) is 2. The van der Waals surface area contributed by atoms with Gasteiger partial charge in [0.25, 0.3) is 5.91 Å². The Balaban J connectivity index is 1.65. The first-order chi connectivity index (χ1) is 13.8. The molecule has 3 aromatic rings. The number of phenolic OH excluding ortho intramolecular Hbond substituents is 1. The van der Waals surface area contributed by atoms with E-state index in [-0.39, 0.29) is 23.6 Å². The highest BCUT2D eigenvalue weighted by molar-refractivity contribution is 6.31. The second-order valence-electron chi connectivity index (χ2n) is 6.64. The predicted octanol–water partition coefficient (Wildman–Crippen LogP) is 4.64. The maximum atomic E-state index is 12.4. The average molecular weight is 410 g/mol. The maximum absolute atomic E-state index is 12.4. The van der Waals surface area contributed by atoms with E-state index in [2.05, 4.69) is 15.8 Å². The first-order valence-corrected chi connectivity index (χ1v) is 9.33. The van der Waals surface area contributed by atoms with Gasteiger partial charge < -0.3 is 10.4 Å². The van der Waals surface area contributed by atoms with Gasteiger partial charge in [-0.3, -0.25) is 9.59 Å². The topological polar surface area (TPSA) is 90.8 Å². The van der Waals surface area contributed by atoms with E-state index in [0.717, 1.165) is 16.3 Å². The molecule has 0 saturated heterocycles. The smallest absolute Gasteiger partial charge is 0.275 e. The van der Waals surface area contributed by atoms with Crippen LogP contribution in [0, 0.1) is 6.92 Å². The summed E-state index contributed by atoms with van der Waals surface area (Å²) in [6.45, 7) is 3.44. The number of carbonyl (C=O) groups is 2. The number of amides is 2. The number of hydrazone groups is 1. The molecule has 0 fully saturated rings.